The van der Waals surface area contributed by atoms with Crippen LogP contribution in [0.4, 0.5) is 5.82 Å². The van der Waals surface area contributed by atoms with Gasteiger partial charge in [-0.05, 0) is 11.5 Å². The first kappa shape index (κ1) is 13.8. The van der Waals surface area contributed by atoms with E-state index < -0.39 is 0 Å². The van der Waals surface area contributed by atoms with Crippen LogP contribution in [-0.4, -0.2) is 15.8 Å². The number of hydrogen-bond acceptors (Lipinski definition) is 3. The average Bonchev–Trinajstić information content (AvgIpc) is 2.46. The van der Waals surface area contributed by atoms with Crippen molar-refractivity contribution in [2.45, 2.75) is 25.8 Å². The third-order valence-corrected chi connectivity index (χ3v) is 3.27. The molecular weight excluding hydrogens is 258 g/mol. The first-order chi connectivity index (χ1) is 9.20. The molecule has 0 aliphatic rings. The number of aromatic nitrogens is 2. The number of halogens is 1. The van der Waals surface area contributed by atoms with Gasteiger partial charge in [-0.2, -0.15) is 0 Å². The third-order valence-electron chi connectivity index (χ3n) is 2.96. The zero-order chi connectivity index (χ0) is 13.7. The second kappa shape index (κ2) is 6.53. The molecular formula is C15H18ClN3. The lowest BCUT2D eigenvalue weighted by atomic mass is 10.1. The highest BCUT2D eigenvalue weighted by molar-refractivity contribution is 6.18. The Balaban J connectivity index is 2.17. The Morgan fingerprint density at radius 2 is 1.89 bits per heavy atom. The van der Waals surface area contributed by atoms with Crippen LogP contribution in [0.3, 0.4) is 0 Å². The number of benzene rings is 1. The van der Waals surface area contributed by atoms with E-state index in [9.17, 15) is 0 Å². The summed E-state index contributed by atoms with van der Waals surface area (Å²) in [4.78, 5) is 8.51. The van der Waals surface area contributed by atoms with Crippen molar-refractivity contribution in [3.8, 4) is 0 Å². The first-order valence-electron chi connectivity index (χ1n) is 6.40. The van der Waals surface area contributed by atoms with Crippen molar-refractivity contribution >= 4 is 17.4 Å². The fourth-order valence-electron chi connectivity index (χ4n) is 1.84. The van der Waals surface area contributed by atoms with Crippen LogP contribution in [0, 0.1) is 0 Å². The van der Waals surface area contributed by atoms with Gasteiger partial charge in [-0.3, -0.25) is 0 Å². The predicted octanol–water partition coefficient (Wildman–Crippen LogP) is 3.99. The van der Waals surface area contributed by atoms with Crippen molar-refractivity contribution in [1.82, 2.24) is 9.97 Å². The fourth-order valence-corrected chi connectivity index (χ4v) is 2.10. The van der Waals surface area contributed by atoms with E-state index in [-0.39, 0.29) is 6.04 Å². The molecule has 2 aromatic rings. The van der Waals surface area contributed by atoms with Gasteiger partial charge in [0.05, 0.1) is 6.04 Å². The summed E-state index contributed by atoms with van der Waals surface area (Å²) in [5.41, 5.74) is 2.18. The van der Waals surface area contributed by atoms with Gasteiger partial charge in [0.15, 0.2) is 0 Å². The van der Waals surface area contributed by atoms with Crippen molar-refractivity contribution in [2.75, 3.05) is 11.2 Å². The Morgan fingerprint density at radius 1 is 1.16 bits per heavy atom. The average molecular weight is 276 g/mol. The zero-order valence-electron chi connectivity index (χ0n) is 11.2. The van der Waals surface area contributed by atoms with E-state index >= 15 is 0 Å². The molecule has 0 amide bonds. The van der Waals surface area contributed by atoms with Crippen LogP contribution in [0.15, 0.2) is 42.7 Å². The maximum atomic E-state index is 6.05. The summed E-state index contributed by atoms with van der Waals surface area (Å²) in [6.45, 7) is 4.23. The van der Waals surface area contributed by atoms with Crippen LogP contribution >= 0.6 is 11.6 Å². The molecule has 4 heteroatoms. The molecule has 0 saturated heterocycles. The topological polar surface area (TPSA) is 37.8 Å². The van der Waals surface area contributed by atoms with Crippen LogP contribution < -0.4 is 5.32 Å². The van der Waals surface area contributed by atoms with Crippen LogP contribution in [-0.2, 0) is 0 Å². The maximum absolute atomic E-state index is 6.05. The van der Waals surface area contributed by atoms with Gasteiger partial charge in [0.25, 0.3) is 0 Å². The Hall–Kier alpha value is -1.61. The number of alkyl halides is 1. The number of anilines is 1. The van der Waals surface area contributed by atoms with Gasteiger partial charge in [-0.25, -0.2) is 9.97 Å². The van der Waals surface area contributed by atoms with Crippen LogP contribution in [0.5, 0.6) is 0 Å². The standard InChI is InChI=1S/C15H18ClN3/c1-11(2)13-8-15(18-10-17-13)19-14(9-16)12-6-4-3-5-7-12/h3-8,10-11,14H,9H2,1-2H3,(H,17,18,19). The van der Waals surface area contributed by atoms with Gasteiger partial charge in [0, 0.05) is 17.6 Å². The second-order valence-corrected chi connectivity index (χ2v) is 5.05. The van der Waals surface area contributed by atoms with E-state index in [1.807, 2.05) is 24.3 Å². The van der Waals surface area contributed by atoms with Crippen LogP contribution in [0.25, 0.3) is 0 Å². The van der Waals surface area contributed by atoms with E-state index in [1.54, 1.807) is 6.33 Å². The summed E-state index contributed by atoms with van der Waals surface area (Å²) in [6, 6.07) is 12.2. The zero-order valence-corrected chi connectivity index (χ0v) is 11.9. The highest BCUT2D eigenvalue weighted by atomic mass is 35.5. The fraction of sp³-hybridized carbons (Fsp3) is 0.333. The molecule has 1 atom stereocenters. The SMILES string of the molecule is CC(C)c1cc(NC(CCl)c2ccccc2)ncn1. The quantitative estimate of drug-likeness (QED) is 0.839. The van der Waals surface area contributed by atoms with E-state index in [0.29, 0.717) is 11.8 Å². The van der Waals surface area contributed by atoms with Crippen molar-refractivity contribution in [3.05, 3.63) is 54.0 Å². The summed E-state index contributed by atoms with van der Waals surface area (Å²) >= 11 is 6.05. The molecule has 1 unspecified atom stereocenters. The smallest absolute Gasteiger partial charge is 0.130 e. The summed E-state index contributed by atoms with van der Waals surface area (Å²) < 4.78 is 0. The van der Waals surface area contributed by atoms with Crippen molar-refractivity contribution in [1.29, 1.82) is 0 Å². The molecule has 2 rings (SSSR count). The molecule has 0 saturated carbocycles. The molecule has 19 heavy (non-hydrogen) atoms. The molecule has 1 aromatic heterocycles. The molecule has 1 N–H and O–H groups in total. The van der Waals surface area contributed by atoms with E-state index in [2.05, 4.69) is 41.3 Å². The molecule has 0 spiro atoms. The highest BCUT2D eigenvalue weighted by Gasteiger charge is 2.11. The second-order valence-electron chi connectivity index (χ2n) is 4.74. The lowest BCUT2D eigenvalue weighted by molar-refractivity contribution is 0.808. The minimum atomic E-state index is 0.0535. The minimum absolute atomic E-state index is 0.0535. The molecule has 0 aliphatic carbocycles. The summed E-state index contributed by atoms with van der Waals surface area (Å²) in [6.07, 6.45) is 1.59. The third kappa shape index (κ3) is 3.67. The first-order valence-corrected chi connectivity index (χ1v) is 6.93. The Labute approximate surface area is 119 Å². The lowest BCUT2D eigenvalue weighted by Crippen LogP contribution is -2.13. The van der Waals surface area contributed by atoms with Crippen LogP contribution in [0.2, 0.25) is 0 Å². The number of rotatable bonds is 5. The van der Waals surface area contributed by atoms with Gasteiger partial charge in [0.2, 0.25) is 0 Å². The Morgan fingerprint density at radius 3 is 2.53 bits per heavy atom. The van der Waals surface area contributed by atoms with Gasteiger partial charge in [-0.15, -0.1) is 11.6 Å². The molecule has 1 heterocycles. The lowest BCUT2D eigenvalue weighted by Gasteiger charge is -2.17. The molecule has 0 fully saturated rings. The van der Waals surface area contributed by atoms with Crippen LogP contribution in [0.1, 0.15) is 37.1 Å². The van der Waals surface area contributed by atoms with Gasteiger partial charge < -0.3 is 5.32 Å². The molecule has 1 aromatic carbocycles. The molecule has 0 aliphatic heterocycles. The summed E-state index contributed by atoms with van der Waals surface area (Å²) in [5, 5.41) is 3.36. The predicted molar refractivity (Wildman–Crippen MR) is 79.6 cm³/mol. The molecule has 3 nitrogen and oxygen atoms in total. The van der Waals surface area contributed by atoms with Gasteiger partial charge in [0.1, 0.15) is 12.1 Å². The minimum Gasteiger partial charge on any atom is -0.362 e. The van der Waals surface area contributed by atoms with E-state index in [1.165, 1.54) is 0 Å². The molecule has 0 bridgehead atoms. The van der Waals surface area contributed by atoms with Gasteiger partial charge in [-0.1, -0.05) is 44.2 Å². The highest BCUT2D eigenvalue weighted by Crippen LogP contribution is 2.21. The van der Waals surface area contributed by atoms with E-state index in [0.717, 1.165) is 17.1 Å². The summed E-state index contributed by atoms with van der Waals surface area (Å²) in [5.74, 6) is 1.69. The number of nitrogens with one attached hydrogen (secondary N) is 1. The summed E-state index contributed by atoms with van der Waals surface area (Å²) in [7, 11) is 0. The van der Waals surface area contributed by atoms with Crippen molar-refractivity contribution < 1.29 is 0 Å². The number of nitrogens with zero attached hydrogens (tertiary/aromatic N) is 2. The normalized spacial score (nSPS) is 12.4. The largest absolute Gasteiger partial charge is 0.362 e. The van der Waals surface area contributed by atoms with Crippen molar-refractivity contribution in [3.63, 3.8) is 0 Å². The van der Waals surface area contributed by atoms with Crippen molar-refractivity contribution in [2.24, 2.45) is 0 Å². The Bertz CT molecular complexity index is 514. The number of hydrogen-bond donors (Lipinski definition) is 1. The Kier molecular flexibility index (Phi) is 4.74. The molecule has 0 radical (unpaired) electrons. The maximum Gasteiger partial charge on any atom is 0.130 e. The molecule has 100 valence electrons. The monoisotopic (exact) mass is 275 g/mol. The van der Waals surface area contributed by atoms with Gasteiger partial charge >= 0.3 is 0 Å². The van der Waals surface area contributed by atoms with E-state index in [4.69, 9.17) is 11.6 Å².